The van der Waals surface area contributed by atoms with E-state index < -0.39 is 11.4 Å². The maximum absolute atomic E-state index is 11.1. The quantitative estimate of drug-likeness (QED) is 0.854. The number of benzene rings is 1. The van der Waals surface area contributed by atoms with Crippen LogP contribution < -0.4 is 0 Å². The SMILES string of the molecule is CCC(C)(C)c1ccc(CC(C)(C)C(=O)O)cc1. The fraction of sp³-hybridized carbons (Fsp3) is 0.562. The molecule has 1 aromatic carbocycles. The largest absolute Gasteiger partial charge is 0.481 e. The first kappa shape index (κ1) is 14.7. The fourth-order valence-corrected chi connectivity index (χ4v) is 1.86. The number of rotatable bonds is 5. The van der Waals surface area contributed by atoms with Gasteiger partial charge >= 0.3 is 5.97 Å². The van der Waals surface area contributed by atoms with E-state index >= 15 is 0 Å². The monoisotopic (exact) mass is 248 g/mol. The Morgan fingerprint density at radius 1 is 1.11 bits per heavy atom. The van der Waals surface area contributed by atoms with E-state index in [9.17, 15) is 4.79 Å². The molecule has 1 N–H and O–H groups in total. The molecule has 2 nitrogen and oxygen atoms in total. The van der Waals surface area contributed by atoms with Crippen LogP contribution in [0.1, 0.15) is 52.2 Å². The second kappa shape index (κ2) is 5.13. The number of aliphatic carboxylic acids is 1. The minimum absolute atomic E-state index is 0.181. The number of hydrogen-bond acceptors (Lipinski definition) is 1. The van der Waals surface area contributed by atoms with Gasteiger partial charge in [-0.15, -0.1) is 0 Å². The van der Waals surface area contributed by atoms with Crippen molar-refractivity contribution < 1.29 is 9.90 Å². The number of hydrogen-bond donors (Lipinski definition) is 1. The highest BCUT2D eigenvalue weighted by atomic mass is 16.4. The second-order valence-corrected chi connectivity index (χ2v) is 6.30. The van der Waals surface area contributed by atoms with E-state index in [0.717, 1.165) is 12.0 Å². The molecule has 18 heavy (non-hydrogen) atoms. The third kappa shape index (κ3) is 3.34. The van der Waals surface area contributed by atoms with Crippen molar-refractivity contribution in [2.75, 3.05) is 0 Å². The standard InChI is InChI=1S/C16H24O2/c1-6-15(2,3)13-9-7-12(8-10-13)11-16(4,5)14(17)18/h7-10H,6,11H2,1-5H3,(H,17,18). The van der Waals surface area contributed by atoms with Crippen LogP contribution in [0.25, 0.3) is 0 Å². The van der Waals surface area contributed by atoms with Crippen LogP contribution in [0.5, 0.6) is 0 Å². The van der Waals surface area contributed by atoms with E-state index in [-0.39, 0.29) is 5.41 Å². The van der Waals surface area contributed by atoms with Crippen molar-refractivity contribution >= 4 is 5.97 Å². The van der Waals surface area contributed by atoms with Gasteiger partial charge in [0.25, 0.3) is 0 Å². The Labute approximate surface area is 110 Å². The molecular weight excluding hydrogens is 224 g/mol. The van der Waals surface area contributed by atoms with Crippen molar-refractivity contribution in [3.8, 4) is 0 Å². The Kier molecular flexibility index (Phi) is 4.20. The van der Waals surface area contributed by atoms with Crippen LogP contribution in [0, 0.1) is 5.41 Å². The topological polar surface area (TPSA) is 37.3 Å². The van der Waals surface area contributed by atoms with Crippen LogP contribution in [-0.4, -0.2) is 11.1 Å². The molecule has 0 heterocycles. The lowest BCUT2D eigenvalue weighted by atomic mass is 9.80. The van der Waals surface area contributed by atoms with Crippen molar-refractivity contribution in [1.29, 1.82) is 0 Å². The lowest BCUT2D eigenvalue weighted by Gasteiger charge is -2.24. The molecule has 0 fully saturated rings. The summed E-state index contributed by atoms with van der Waals surface area (Å²) in [6, 6.07) is 8.35. The summed E-state index contributed by atoms with van der Waals surface area (Å²) >= 11 is 0. The van der Waals surface area contributed by atoms with Gasteiger partial charge in [0.1, 0.15) is 0 Å². The highest BCUT2D eigenvalue weighted by molar-refractivity contribution is 5.74. The average molecular weight is 248 g/mol. The third-order valence-electron chi connectivity index (χ3n) is 3.84. The molecule has 0 saturated heterocycles. The molecule has 100 valence electrons. The summed E-state index contributed by atoms with van der Waals surface area (Å²) in [6.07, 6.45) is 1.65. The van der Waals surface area contributed by atoms with Crippen LogP contribution >= 0.6 is 0 Å². The van der Waals surface area contributed by atoms with Crippen LogP contribution in [0.4, 0.5) is 0 Å². The Morgan fingerprint density at radius 3 is 2.00 bits per heavy atom. The zero-order valence-electron chi connectivity index (χ0n) is 12.1. The summed E-state index contributed by atoms with van der Waals surface area (Å²) in [5.41, 5.74) is 1.86. The maximum Gasteiger partial charge on any atom is 0.309 e. The molecule has 1 rings (SSSR count). The van der Waals surface area contributed by atoms with E-state index in [2.05, 4.69) is 45.0 Å². The molecule has 0 unspecified atom stereocenters. The van der Waals surface area contributed by atoms with E-state index in [0.29, 0.717) is 6.42 Å². The fourth-order valence-electron chi connectivity index (χ4n) is 1.86. The third-order valence-corrected chi connectivity index (χ3v) is 3.84. The van der Waals surface area contributed by atoms with Gasteiger partial charge in [0.2, 0.25) is 0 Å². The summed E-state index contributed by atoms with van der Waals surface area (Å²) in [7, 11) is 0. The van der Waals surface area contributed by atoms with Gasteiger partial charge in [-0.25, -0.2) is 0 Å². The first-order valence-corrected chi connectivity index (χ1v) is 6.52. The van der Waals surface area contributed by atoms with Gasteiger partial charge in [0.15, 0.2) is 0 Å². The first-order valence-electron chi connectivity index (χ1n) is 6.52. The van der Waals surface area contributed by atoms with Gasteiger partial charge < -0.3 is 5.11 Å². The highest BCUT2D eigenvalue weighted by Gasteiger charge is 2.27. The van der Waals surface area contributed by atoms with Crippen LogP contribution in [0.2, 0.25) is 0 Å². The summed E-state index contributed by atoms with van der Waals surface area (Å²) < 4.78 is 0. The van der Waals surface area contributed by atoms with Crippen molar-refractivity contribution in [1.82, 2.24) is 0 Å². The molecule has 2 heteroatoms. The van der Waals surface area contributed by atoms with E-state index in [1.165, 1.54) is 5.56 Å². The smallest absolute Gasteiger partial charge is 0.309 e. The number of carbonyl (C=O) groups is 1. The van der Waals surface area contributed by atoms with Crippen molar-refractivity contribution in [3.63, 3.8) is 0 Å². The predicted molar refractivity (Wildman–Crippen MR) is 74.9 cm³/mol. The van der Waals surface area contributed by atoms with Gasteiger partial charge in [0, 0.05) is 0 Å². The van der Waals surface area contributed by atoms with Crippen LogP contribution in [-0.2, 0) is 16.6 Å². The molecular formula is C16H24O2. The highest BCUT2D eigenvalue weighted by Crippen LogP contribution is 2.28. The van der Waals surface area contributed by atoms with E-state index in [1.54, 1.807) is 13.8 Å². The number of carboxylic acid groups (broad SMARTS) is 1. The van der Waals surface area contributed by atoms with Crippen LogP contribution in [0.15, 0.2) is 24.3 Å². The van der Waals surface area contributed by atoms with Crippen molar-refractivity contribution in [2.24, 2.45) is 5.41 Å². The molecule has 0 aliphatic heterocycles. The lowest BCUT2D eigenvalue weighted by molar-refractivity contribution is -0.146. The van der Waals surface area contributed by atoms with E-state index in [1.807, 2.05) is 0 Å². The Hall–Kier alpha value is -1.31. The van der Waals surface area contributed by atoms with Gasteiger partial charge in [-0.2, -0.15) is 0 Å². The Bertz CT molecular complexity index is 413. The minimum Gasteiger partial charge on any atom is -0.481 e. The summed E-state index contributed by atoms with van der Waals surface area (Å²) in [6.45, 7) is 10.2. The van der Waals surface area contributed by atoms with E-state index in [4.69, 9.17) is 5.11 Å². The summed E-state index contributed by atoms with van der Waals surface area (Å²) in [5.74, 6) is -0.750. The Balaban J connectivity index is 2.88. The summed E-state index contributed by atoms with van der Waals surface area (Å²) in [5, 5.41) is 9.12. The summed E-state index contributed by atoms with van der Waals surface area (Å²) in [4.78, 5) is 11.1. The average Bonchev–Trinajstić information content (AvgIpc) is 2.29. The van der Waals surface area contributed by atoms with Crippen molar-refractivity contribution in [3.05, 3.63) is 35.4 Å². The zero-order chi connectivity index (χ0) is 14.0. The molecule has 1 aromatic rings. The minimum atomic E-state index is -0.750. The molecule has 0 saturated carbocycles. The molecule has 0 aromatic heterocycles. The molecule has 0 radical (unpaired) electrons. The van der Waals surface area contributed by atoms with Crippen LogP contribution in [0.3, 0.4) is 0 Å². The Morgan fingerprint density at radius 2 is 1.61 bits per heavy atom. The van der Waals surface area contributed by atoms with Gasteiger partial charge in [-0.1, -0.05) is 45.0 Å². The predicted octanol–water partition coefficient (Wildman–Crippen LogP) is 4.03. The normalized spacial score (nSPS) is 12.5. The van der Waals surface area contributed by atoms with Gasteiger partial charge in [-0.05, 0) is 43.2 Å². The first-order chi connectivity index (χ1) is 8.19. The van der Waals surface area contributed by atoms with Gasteiger partial charge in [0.05, 0.1) is 5.41 Å². The molecule has 0 bridgehead atoms. The molecule has 0 aliphatic rings. The molecule has 0 aliphatic carbocycles. The maximum atomic E-state index is 11.1. The lowest BCUT2D eigenvalue weighted by Crippen LogP contribution is -2.26. The molecule has 0 spiro atoms. The second-order valence-electron chi connectivity index (χ2n) is 6.30. The van der Waals surface area contributed by atoms with Gasteiger partial charge in [-0.3, -0.25) is 4.79 Å². The van der Waals surface area contributed by atoms with Crippen molar-refractivity contribution in [2.45, 2.75) is 52.9 Å². The zero-order valence-corrected chi connectivity index (χ0v) is 12.1. The molecule has 0 atom stereocenters. The number of carboxylic acids is 1. The molecule has 0 amide bonds.